The summed E-state index contributed by atoms with van der Waals surface area (Å²) >= 11 is 1.59. The molecule has 5 aromatic rings. The number of carbonyl (C=O) groups excluding carboxylic acids is 1. The number of hydrogen-bond acceptors (Lipinski definition) is 9. The molecule has 7 rings (SSSR count). The summed E-state index contributed by atoms with van der Waals surface area (Å²) in [6.45, 7) is 2.37. The van der Waals surface area contributed by atoms with Crippen LogP contribution in [0.1, 0.15) is 34.8 Å². The second-order valence-electron chi connectivity index (χ2n) is 9.06. The number of thiophene rings is 1. The van der Waals surface area contributed by atoms with Crippen molar-refractivity contribution in [2.45, 2.75) is 18.8 Å². The first-order valence-electron chi connectivity index (χ1n) is 12.0. The van der Waals surface area contributed by atoms with Gasteiger partial charge in [-0.05, 0) is 52.9 Å². The van der Waals surface area contributed by atoms with Crippen LogP contribution >= 0.6 is 11.3 Å². The lowest BCUT2D eigenvalue weighted by Gasteiger charge is -2.35. The molecule has 1 amide bonds. The molecule has 1 saturated carbocycles. The molecular weight excluding hydrogens is 476 g/mol. The second kappa shape index (κ2) is 8.52. The molecule has 2 fully saturated rings. The summed E-state index contributed by atoms with van der Waals surface area (Å²) < 4.78 is 7.36. The maximum absolute atomic E-state index is 13.9. The fourth-order valence-corrected chi connectivity index (χ4v) is 5.41. The molecule has 36 heavy (non-hydrogen) atoms. The van der Waals surface area contributed by atoms with Gasteiger partial charge in [0.15, 0.2) is 0 Å². The Morgan fingerprint density at radius 1 is 1.03 bits per heavy atom. The third-order valence-electron chi connectivity index (χ3n) is 6.74. The van der Waals surface area contributed by atoms with Gasteiger partial charge in [0, 0.05) is 32.1 Å². The predicted octanol–water partition coefficient (Wildman–Crippen LogP) is 3.77. The van der Waals surface area contributed by atoms with Crippen LogP contribution < -0.4 is 4.90 Å². The van der Waals surface area contributed by atoms with Crippen LogP contribution in [-0.4, -0.2) is 67.3 Å². The van der Waals surface area contributed by atoms with Gasteiger partial charge in [0.2, 0.25) is 5.95 Å². The van der Waals surface area contributed by atoms with Crippen LogP contribution in [0, 0.1) is 0 Å². The van der Waals surface area contributed by atoms with E-state index in [1.807, 2.05) is 58.8 Å². The number of anilines is 1. The molecule has 0 N–H and O–H groups in total. The Kier molecular flexibility index (Phi) is 5.01. The molecule has 1 saturated heterocycles. The lowest BCUT2D eigenvalue weighted by Crippen LogP contribution is -2.49. The van der Waals surface area contributed by atoms with Gasteiger partial charge in [-0.25, -0.2) is 4.98 Å². The van der Waals surface area contributed by atoms with Gasteiger partial charge < -0.3 is 14.3 Å². The standard InChI is InChI=1S/C25H22N8O2S/c34-24(31-10-12-32(13-11-31)25-27-29-30-33(25)17-5-2-1-3-6-17)18-15-19(20-7-4-14-36-20)26-23-21(18)22(28-35-23)16-8-9-16/h1-7,14-16H,8-13H2. The highest BCUT2D eigenvalue weighted by Gasteiger charge is 2.34. The van der Waals surface area contributed by atoms with E-state index in [1.165, 1.54) is 0 Å². The lowest BCUT2D eigenvalue weighted by atomic mass is 10.0. The van der Waals surface area contributed by atoms with E-state index in [-0.39, 0.29) is 5.91 Å². The van der Waals surface area contributed by atoms with Gasteiger partial charge in [0.05, 0.1) is 32.9 Å². The van der Waals surface area contributed by atoms with E-state index >= 15 is 0 Å². The highest BCUT2D eigenvalue weighted by molar-refractivity contribution is 7.13. The molecular formula is C25H22N8O2S. The molecule has 0 radical (unpaired) electrons. The van der Waals surface area contributed by atoms with Crippen molar-refractivity contribution in [3.63, 3.8) is 0 Å². The van der Waals surface area contributed by atoms with Gasteiger partial charge in [0.25, 0.3) is 11.6 Å². The van der Waals surface area contributed by atoms with Crippen molar-refractivity contribution in [3.05, 3.63) is 65.2 Å². The number of piperazine rings is 1. The fraction of sp³-hybridized carbons (Fsp3) is 0.280. The van der Waals surface area contributed by atoms with Crippen LogP contribution in [0.2, 0.25) is 0 Å². The summed E-state index contributed by atoms with van der Waals surface area (Å²) in [5.74, 6) is 1.00. The Balaban J connectivity index is 1.17. The zero-order valence-corrected chi connectivity index (χ0v) is 20.1. The molecule has 1 aromatic carbocycles. The SMILES string of the molecule is O=C(c1cc(-c2cccs2)nc2onc(C3CC3)c12)N1CCN(c2nnnn2-c2ccccc2)CC1. The molecule has 0 unspecified atom stereocenters. The minimum atomic E-state index is -0.0207. The molecule has 0 atom stereocenters. The first-order valence-corrected chi connectivity index (χ1v) is 12.9. The maximum atomic E-state index is 13.9. The first-order chi connectivity index (χ1) is 17.8. The van der Waals surface area contributed by atoms with E-state index in [0.717, 1.165) is 40.2 Å². The summed E-state index contributed by atoms with van der Waals surface area (Å²) in [6, 6.07) is 15.7. The van der Waals surface area contributed by atoms with Crippen LogP contribution in [0.3, 0.4) is 0 Å². The molecule has 1 aliphatic heterocycles. The third kappa shape index (κ3) is 3.63. The van der Waals surface area contributed by atoms with Gasteiger partial charge >= 0.3 is 0 Å². The zero-order valence-electron chi connectivity index (χ0n) is 19.3. The smallest absolute Gasteiger partial charge is 0.259 e. The van der Waals surface area contributed by atoms with Crippen molar-refractivity contribution >= 4 is 34.3 Å². The maximum Gasteiger partial charge on any atom is 0.259 e. The van der Waals surface area contributed by atoms with E-state index in [1.54, 1.807) is 16.0 Å². The average Bonchev–Trinajstić information content (AvgIpc) is 3.32. The van der Waals surface area contributed by atoms with Crippen LogP contribution in [0.15, 0.2) is 58.4 Å². The molecule has 5 heterocycles. The Hall–Kier alpha value is -4.12. The number of rotatable bonds is 5. The van der Waals surface area contributed by atoms with Gasteiger partial charge in [-0.2, -0.15) is 4.68 Å². The van der Waals surface area contributed by atoms with E-state index in [0.29, 0.717) is 49.3 Å². The Morgan fingerprint density at radius 3 is 2.61 bits per heavy atom. The lowest BCUT2D eigenvalue weighted by molar-refractivity contribution is 0.0748. The number of nitrogens with zero attached hydrogens (tertiary/aromatic N) is 8. The van der Waals surface area contributed by atoms with Crippen LogP contribution in [0.4, 0.5) is 5.95 Å². The predicted molar refractivity (Wildman–Crippen MR) is 134 cm³/mol. The van der Waals surface area contributed by atoms with Crippen molar-refractivity contribution in [1.29, 1.82) is 0 Å². The largest absolute Gasteiger partial charge is 0.336 e. The number of carbonyl (C=O) groups is 1. The highest BCUT2D eigenvalue weighted by atomic mass is 32.1. The molecule has 0 spiro atoms. The highest BCUT2D eigenvalue weighted by Crippen LogP contribution is 2.44. The van der Waals surface area contributed by atoms with E-state index in [9.17, 15) is 4.79 Å². The van der Waals surface area contributed by atoms with Crippen LogP contribution in [0.5, 0.6) is 0 Å². The third-order valence-corrected chi connectivity index (χ3v) is 7.64. The average molecular weight is 499 g/mol. The summed E-state index contributed by atoms with van der Waals surface area (Å²) in [4.78, 5) is 23.6. The first kappa shape index (κ1) is 21.2. The zero-order chi connectivity index (χ0) is 24.1. The van der Waals surface area contributed by atoms with E-state index in [4.69, 9.17) is 9.51 Å². The Labute approximate surface area is 210 Å². The van der Waals surface area contributed by atoms with Gasteiger partial charge in [0.1, 0.15) is 0 Å². The Morgan fingerprint density at radius 2 is 1.86 bits per heavy atom. The number of benzene rings is 1. The molecule has 4 aromatic heterocycles. The summed E-state index contributed by atoms with van der Waals surface area (Å²) in [5, 5.41) is 19.4. The monoisotopic (exact) mass is 498 g/mol. The molecule has 1 aliphatic carbocycles. The second-order valence-corrected chi connectivity index (χ2v) is 10.0. The van der Waals surface area contributed by atoms with Crippen molar-refractivity contribution in [3.8, 4) is 16.3 Å². The quantitative estimate of drug-likeness (QED) is 0.361. The molecule has 180 valence electrons. The van der Waals surface area contributed by atoms with Crippen molar-refractivity contribution in [1.82, 2.24) is 35.2 Å². The molecule has 11 heteroatoms. The molecule has 0 bridgehead atoms. The summed E-state index contributed by atoms with van der Waals surface area (Å²) in [6.07, 6.45) is 2.13. The minimum Gasteiger partial charge on any atom is -0.336 e. The molecule has 10 nitrogen and oxygen atoms in total. The number of para-hydroxylation sites is 1. The van der Waals surface area contributed by atoms with Crippen molar-refractivity contribution in [2.24, 2.45) is 0 Å². The van der Waals surface area contributed by atoms with Crippen molar-refractivity contribution in [2.75, 3.05) is 31.1 Å². The number of hydrogen-bond donors (Lipinski definition) is 0. The summed E-state index contributed by atoms with van der Waals surface area (Å²) in [7, 11) is 0. The van der Waals surface area contributed by atoms with E-state index < -0.39 is 0 Å². The van der Waals surface area contributed by atoms with Gasteiger partial charge in [-0.1, -0.05) is 34.5 Å². The Bertz CT molecular complexity index is 1530. The van der Waals surface area contributed by atoms with Gasteiger partial charge in [-0.15, -0.1) is 11.3 Å². The van der Waals surface area contributed by atoms with Crippen LogP contribution in [-0.2, 0) is 0 Å². The van der Waals surface area contributed by atoms with Gasteiger partial charge in [-0.3, -0.25) is 4.79 Å². The van der Waals surface area contributed by atoms with E-state index in [2.05, 4.69) is 25.6 Å². The van der Waals surface area contributed by atoms with Crippen molar-refractivity contribution < 1.29 is 9.32 Å². The molecule has 2 aliphatic rings. The topological polar surface area (TPSA) is 106 Å². The normalized spacial score (nSPS) is 16.1. The minimum absolute atomic E-state index is 0.0207. The number of tetrazole rings is 1. The summed E-state index contributed by atoms with van der Waals surface area (Å²) in [5.41, 5.74) is 3.55. The number of aromatic nitrogens is 6. The number of pyridine rings is 1. The number of amides is 1. The van der Waals surface area contributed by atoms with Crippen LogP contribution in [0.25, 0.3) is 27.4 Å². The number of fused-ring (bicyclic) bond motifs is 1. The fourth-order valence-electron chi connectivity index (χ4n) is 4.72.